The first-order valence-electron chi connectivity index (χ1n) is 6.82. The number of carbonyl (C=O) groups excluding carboxylic acids is 1. The van der Waals surface area contributed by atoms with Crippen LogP contribution in [0.5, 0.6) is 0 Å². The van der Waals surface area contributed by atoms with Crippen molar-refractivity contribution in [3.05, 3.63) is 40.5 Å². The molecule has 0 saturated carbocycles. The molecule has 0 spiro atoms. The van der Waals surface area contributed by atoms with Gasteiger partial charge in [-0.05, 0) is 52.0 Å². The van der Waals surface area contributed by atoms with Crippen LogP contribution in [0.4, 0.5) is 5.88 Å². The predicted molar refractivity (Wildman–Crippen MR) is 87.3 cm³/mol. The fourth-order valence-electron chi connectivity index (χ4n) is 1.82. The molecule has 0 fully saturated rings. The van der Waals surface area contributed by atoms with Gasteiger partial charge in [-0.1, -0.05) is 16.8 Å². The third-order valence-corrected chi connectivity index (χ3v) is 6.40. The molecule has 0 atom stereocenters. The average molecular weight is 357 g/mol. The Kier molecular flexibility index (Phi) is 4.54. The van der Waals surface area contributed by atoms with Crippen molar-refractivity contribution in [3.8, 4) is 0 Å². The number of anilines is 1. The molecule has 1 N–H and O–H groups in total. The molecule has 0 aliphatic heterocycles. The summed E-state index contributed by atoms with van der Waals surface area (Å²) in [4.78, 5) is 12.5. The Morgan fingerprint density at radius 3 is 2.26 bits per heavy atom. The summed E-state index contributed by atoms with van der Waals surface area (Å²) in [5.41, 5.74) is 1.27. The Balaban J connectivity index is 2.34. The molecule has 1 amide bonds. The summed E-state index contributed by atoms with van der Waals surface area (Å²) in [5.74, 6) is -0.557. The van der Waals surface area contributed by atoms with Gasteiger partial charge in [0.05, 0.1) is 10.6 Å². The molecule has 23 heavy (non-hydrogen) atoms. The highest BCUT2D eigenvalue weighted by molar-refractivity contribution is 7.93. The van der Waals surface area contributed by atoms with Crippen molar-refractivity contribution in [1.82, 2.24) is 5.16 Å². The van der Waals surface area contributed by atoms with E-state index in [4.69, 9.17) is 16.1 Å². The number of hydrogen-bond donors (Lipinski definition) is 1. The van der Waals surface area contributed by atoms with E-state index in [1.165, 1.54) is 38.1 Å². The zero-order valence-electron chi connectivity index (χ0n) is 13.2. The van der Waals surface area contributed by atoms with E-state index in [2.05, 4.69) is 10.5 Å². The van der Waals surface area contributed by atoms with Crippen LogP contribution in [0.1, 0.15) is 25.1 Å². The summed E-state index contributed by atoms with van der Waals surface area (Å²) in [5, 5.41) is 6.63. The topological polar surface area (TPSA) is 89.3 Å². The summed E-state index contributed by atoms with van der Waals surface area (Å²) < 4.78 is 28.8. The van der Waals surface area contributed by atoms with Crippen LogP contribution < -0.4 is 5.32 Å². The zero-order chi connectivity index (χ0) is 17.4. The summed E-state index contributed by atoms with van der Waals surface area (Å²) in [6.07, 6.45) is 0. The Morgan fingerprint density at radius 2 is 1.78 bits per heavy atom. The van der Waals surface area contributed by atoms with Gasteiger partial charge in [-0.15, -0.1) is 0 Å². The van der Waals surface area contributed by atoms with Crippen LogP contribution >= 0.6 is 11.6 Å². The molecule has 124 valence electrons. The van der Waals surface area contributed by atoms with E-state index < -0.39 is 20.5 Å². The maximum atomic E-state index is 12.7. The zero-order valence-corrected chi connectivity index (χ0v) is 14.7. The van der Waals surface area contributed by atoms with Crippen molar-refractivity contribution in [2.75, 3.05) is 5.32 Å². The van der Waals surface area contributed by atoms with Gasteiger partial charge in [0.1, 0.15) is 4.75 Å². The summed E-state index contributed by atoms with van der Waals surface area (Å²) in [7, 11) is -3.91. The molecule has 0 saturated heterocycles. The van der Waals surface area contributed by atoms with Crippen molar-refractivity contribution < 1.29 is 17.7 Å². The van der Waals surface area contributed by atoms with E-state index in [-0.39, 0.29) is 10.8 Å². The number of rotatable bonds is 4. The van der Waals surface area contributed by atoms with E-state index in [9.17, 15) is 13.2 Å². The fraction of sp³-hybridized carbons (Fsp3) is 0.333. The monoisotopic (exact) mass is 356 g/mol. The number of nitrogens with zero attached hydrogens (tertiary/aromatic N) is 1. The second-order valence-corrected chi connectivity index (χ2v) is 8.58. The van der Waals surface area contributed by atoms with Gasteiger partial charge < -0.3 is 4.52 Å². The van der Waals surface area contributed by atoms with Crippen molar-refractivity contribution >= 4 is 33.2 Å². The summed E-state index contributed by atoms with van der Waals surface area (Å²) in [6, 6.07) is 5.67. The lowest BCUT2D eigenvalue weighted by molar-refractivity contribution is -0.118. The number of aryl methyl sites for hydroxylation is 1. The molecule has 0 aliphatic carbocycles. The lowest BCUT2D eigenvalue weighted by Crippen LogP contribution is -2.44. The van der Waals surface area contributed by atoms with Gasteiger partial charge in [0, 0.05) is 10.6 Å². The third kappa shape index (κ3) is 3.11. The first-order chi connectivity index (χ1) is 10.6. The number of amides is 1. The SMILES string of the molecule is Cc1noc(NC(=O)C(C)(C)S(=O)(=O)c2ccc(Cl)cc2)c1C. The van der Waals surface area contributed by atoms with E-state index >= 15 is 0 Å². The number of nitrogens with one attached hydrogen (secondary N) is 1. The fourth-order valence-corrected chi connectivity index (χ4v) is 3.32. The van der Waals surface area contributed by atoms with E-state index in [0.717, 1.165) is 0 Å². The Labute approximate surface area is 139 Å². The molecular formula is C15H17ClN2O4S. The maximum absolute atomic E-state index is 12.7. The van der Waals surface area contributed by atoms with Gasteiger partial charge >= 0.3 is 0 Å². The number of aromatic nitrogens is 1. The lowest BCUT2D eigenvalue weighted by atomic mass is 10.2. The molecule has 0 bridgehead atoms. The first kappa shape index (κ1) is 17.5. The van der Waals surface area contributed by atoms with E-state index in [1.54, 1.807) is 13.8 Å². The van der Waals surface area contributed by atoms with Crippen LogP contribution in [0.2, 0.25) is 5.02 Å². The minimum absolute atomic E-state index is 0.0209. The van der Waals surface area contributed by atoms with Crippen LogP contribution in [0, 0.1) is 13.8 Å². The largest absolute Gasteiger partial charge is 0.338 e. The van der Waals surface area contributed by atoms with Crippen LogP contribution in [0.15, 0.2) is 33.7 Å². The molecule has 1 aromatic heterocycles. The standard InChI is InChI=1S/C15H17ClN2O4S/c1-9-10(2)18-22-13(9)17-14(19)15(3,4)23(20,21)12-7-5-11(16)6-8-12/h5-8H,1-4H3,(H,17,19). The number of carbonyl (C=O) groups is 1. The highest BCUT2D eigenvalue weighted by Gasteiger charge is 2.43. The first-order valence-corrected chi connectivity index (χ1v) is 8.68. The van der Waals surface area contributed by atoms with Crippen molar-refractivity contribution in [2.24, 2.45) is 0 Å². The predicted octanol–water partition coefficient (Wildman–Crippen LogP) is 3.14. The Morgan fingerprint density at radius 1 is 1.22 bits per heavy atom. The number of benzene rings is 1. The molecule has 8 heteroatoms. The highest BCUT2D eigenvalue weighted by Crippen LogP contribution is 2.28. The molecule has 2 rings (SSSR count). The molecule has 1 aromatic carbocycles. The summed E-state index contributed by atoms with van der Waals surface area (Å²) >= 11 is 5.77. The van der Waals surface area contributed by atoms with Gasteiger partial charge in [0.2, 0.25) is 11.8 Å². The molecule has 6 nitrogen and oxygen atoms in total. The highest BCUT2D eigenvalue weighted by atomic mass is 35.5. The van der Waals surface area contributed by atoms with Crippen LogP contribution in [0.3, 0.4) is 0 Å². The van der Waals surface area contributed by atoms with E-state index in [1.807, 2.05) is 0 Å². The minimum atomic E-state index is -3.91. The number of hydrogen-bond acceptors (Lipinski definition) is 5. The van der Waals surface area contributed by atoms with Gasteiger partial charge in [-0.25, -0.2) is 8.42 Å². The normalized spacial score (nSPS) is 12.2. The second-order valence-electron chi connectivity index (χ2n) is 5.64. The molecule has 2 aromatic rings. The molecule has 0 unspecified atom stereocenters. The minimum Gasteiger partial charge on any atom is -0.338 e. The maximum Gasteiger partial charge on any atom is 0.248 e. The smallest absolute Gasteiger partial charge is 0.248 e. The van der Waals surface area contributed by atoms with Gasteiger partial charge in [0.15, 0.2) is 9.84 Å². The van der Waals surface area contributed by atoms with Crippen molar-refractivity contribution in [3.63, 3.8) is 0 Å². The molecular weight excluding hydrogens is 340 g/mol. The van der Waals surface area contributed by atoms with Crippen molar-refractivity contribution in [2.45, 2.75) is 37.3 Å². The van der Waals surface area contributed by atoms with Crippen LogP contribution in [-0.2, 0) is 14.6 Å². The Hall–Kier alpha value is -1.86. The number of sulfone groups is 1. The van der Waals surface area contributed by atoms with E-state index in [0.29, 0.717) is 16.3 Å². The van der Waals surface area contributed by atoms with Crippen LogP contribution in [-0.4, -0.2) is 24.2 Å². The molecule has 1 heterocycles. The van der Waals surface area contributed by atoms with Gasteiger partial charge in [-0.3, -0.25) is 10.1 Å². The van der Waals surface area contributed by atoms with Gasteiger partial charge in [0.25, 0.3) is 0 Å². The third-order valence-electron chi connectivity index (χ3n) is 3.73. The van der Waals surface area contributed by atoms with Crippen LogP contribution in [0.25, 0.3) is 0 Å². The van der Waals surface area contributed by atoms with Crippen molar-refractivity contribution in [1.29, 1.82) is 0 Å². The molecule has 0 aliphatic rings. The lowest BCUT2D eigenvalue weighted by Gasteiger charge is -2.23. The number of halogens is 1. The second kappa shape index (κ2) is 5.98. The quantitative estimate of drug-likeness (QED) is 0.908. The Bertz CT molecular complexity index is 839. The average Bonchev–Trinajstić information content (AvgIpc) is 2.79. The molecule has 0 radical (unpaired) electrons. The van der Waals surface area contributed by atoms with Gasteiger partial charge in [-0.2, -0.15) is 0 Å². The summed E-state index contributed by atoms with van der Waals surface area (Å²) in [6.45, 7) is 6.13.